The van der Waals surface area contributed by atoms with E-state index in [9.17, 15) is 5.11 Å². The van der Waals surface area contributed by atoms with Crippen molar-refractivity contribution in [3.63, 3.8) is 0 Å². The number of rotatable bonds is 4. The van der Waals surface area contributed by atoms with Crippen molar-refractivity contribution in [2.45, 2.75) is 37.8 Å². The molecule has 2 aromatic carbocycles. The molecule has 0 radical (unpaired) electrons. The molecule has 0 spiro atoms. The van der Waals surface area contributed by atoms with E-state index in [2.05, 4.69) is 15.3 Å². The highest BCUT2D eigenvalue weighted by Crippen LogP contribution is 2.30. The monoisotopic (exact) mass is 363 g/mol. The first-order valence-corrected chi connectivity index (χ1v) is 9.31. The fourth-order valence-electron chi connectivity index (χ4n) is 3.54. The first-order valence-electron chi connectivity index (χ1n) is 9.31. The van der Waals surface area contributed by atoms with Gasteiger partial charge in [0.05, 0.1) is 24.2 Å². The molecule has 4 rings (SSSR count). The van der Waals surface area contributed by atoms with Gasteiger partial charge in [-0.3, -0.25) is 4.98 Å². The fourth-order valence-corrected chi connectivity index (χ4v) is 3.54. The van der Waals surface area contributed by atoms with Gasteiger partial charge < -0.3 is 10.4 Å². The largest absolute Gasteiger partial charge is 0.393 e. The number of aliphatic hydroxyl groups excluding tert-OH is 1. The zero-order valence-electron chi connectivity index (χ0n) is 15.0. The van der Waals surface area contributed by atoms with Crippen LogP contribution in [-0.4, -0.2) is 27.2 Å². The van der Waals surface area contributed by atoms with E-state index in [1.165, 1.54) is 0 Å². The molecule has 4 nitrogen and oxygen atoms in total. The number of nitrogens with zero attached hydrogens (tertiary/aromatic N) is 2. The maximum Gasteiger partial charge on any atom is 0.144 e. The molecule has 0 aliphatic heterocycles. The van der Waals surface area contributed by atoms with Gasteiger partial charge in [-0.15, -0.1) is 0 Å². The van der Waals surface area contributed by atoms with E-state index < -0.39 is 0 Å². The normalized spacial score (nSPS) is 19.6. The average Bonchev–Trinajstić information content (AvgIpc) is 2.71. The van der Waals surface area contributed by atoms with Gasteiger partial charge in [0.25, 0.3) is 0 Å². The standard InChI is InChI=1S/C22H22FN3O/c23-22-18(15-5-2-1-3-6-15)7-4-8-19(22)20-13-25-21(14-24-20)26-16-9-11-17(27)12-10-16/h1-8,13-14,16-17,27H,9-12H2,(H,25,26). The average molecular weight is 363 g/mol. The molecule has 0 saturated heterocycles. The third kappa shape index (κ3) is 3.98. The summed E-state index contributed by atoms with van der Waals surface area (Å²) in [5.41, 5.74) is 2.34. The van der Waals surface area contributed by atoms with Crippen molar-refractivity contribution < 1.29 is 9.50 Å². The second-order valence-electron chi connectivity index (χ2n) is 6.97. The van der Waals surface area contributed by atoms with Gasteiger partial charge in [0.2, 0.25) is 0 Å². The van der Waals surface area contributed by atoms with E-state index >= 15 is 4.39 Å². The van der Waals surface area contributed by atoms with Crippen LogP contribution in [0.3, 0.4) is 0 Å². The lowest BCUT2D eigenvalue weighted by Gasteiger charge is -2.26. The van der Waals surface area contributed by atoms with Crippen LogP contribution in [0.5, 0.6) is 0 Å². The molecule has 2 N–H and O–H groups in total. The molecule has 0 unspecified atom stereocenters. The molecule has 1 aromatic heterocycles. The van der Waals surface area contributed by atoms with Gasteiger partial charge in [-0.05, 0) is 37.3 Å². The molecule has 27 heavy (non-hydrogen) atoms. The number of hydrogen-bond acceptors (Lipinski definition) is 4. The van der Waals surface area contributed by atoms with Crippen molar-refractivity contribution in [1.82, 2.24) is 9.97 Å². The van der Waals surface area contributed by atoms with Gasteiger partial charge in [-0.1, -0.05) is 42.5 Å². The Kier molecular flexibility index (Phi) is 5.12. The van der Waals surface area contributed by atoms with Crippen LogP contribution in [0.1, 0.15) is 25.7 Å². The topological polar surface area (TPSA) is 58.0 Å². The molecule has 5 heteroatoms. The van der Waals surface area contributed by atoms with Gasteiger partial charge >= 0.3 is 0 Å². The van der Waals surface area contributed by atoms with Gasteiger partial charge in [-0.2, -0.15) is 0 Å². The lowest BCUT2D eigenvalue weighted by molar-refractivity contribution is 0.126. The van der Waals surface area contributed by atoms with Gasteiger partial charge in [0.1, 0.15) is 11.6 Å². The summed E-state index contributed by atoms with van der Waals surface area (Å²) in [5.74, 6) is 0.389. The Morgan fingerprint density at radius 3 is 2.30 bits per heavy atom. The van der Waals surface area contributed by atoms with E-state index in [1.54, 1.807) is 24.5 Å². The molecule has 138 valence electrons. The predicted molar refractivity (Wildman–Crippen MR) is 105 cm³/mol. The van der Waals surface area contributed by atoms with Gasteiger partial charge in [-0.25, -0.2) is 9.37 Å². The Hall–Kier alpha value is -2.79. The van der Waals surface area contributed by atoms with Crippen molar-refractivity contribution in [2.75, 3.05) is 5.32 Å². The molecule has 1 aliphatic rings. The highest BCUT2D eigenvalue weighted by molar-refractivity contribution is 5.72. The van der Waals surface area contributed by atoms with Crippen LogP contribution in [-0.2, 0) is 0 Å². The number of aliphatic hydroxyl groups is 1. The molecular formula is C22H22FN3O. The summed E-state index contributed by atoms with van der Waals surface area (Å²) in [5, 5.41) is 12.9. The highest BCUT2D eigenvalue weighted by Gasteiger charge is 2.19. The zero-order valence-corrected chi connectivity index (χ0v) is 15.0. The van der Waals surface area contributed by atoms with Crippen LogP contribution in [0.15, 0.2) is 60.9 Å². The Morgan fingerprint density at radius 2 is 1.59 bits per heavy atom. The van der Waals surface area contributed by atoms with Crippen molar-refractivity contribution >= 4 is 5.82 Å². The van der Waals surface area contributed by atoms with E-state index in [4.69, 9.17) is 0 Å². The summed E-state index contributed by atoms with van der Waals surface area (Å²) in [6, 6.07) is 15.1. The molecule has 1 fully saturated rings. The molecular weight excluding hydrogens is 341 g/mol. The maximum atomic E-state index is 15.0. The summed E-state index contributed by atoms with van der Waals surface area (Å²) >= 11 is 0. The van der Waals surface area contributed by atoms with E-state index in [0.717, 1.165) is 31.2 Å². The second kappa shape index (κ2) is 7.84. The third-order valence-corrected chi connectivity index (χ3v) is 5.06. The fraction of sp³-hybridized carbons (Fsp3) is 0.273. The molecule has 1 aliphatic carbocycles. The lowest BCUT2D eigenvalue weighted by Crippen LogP contribution is -2.28. The minimum absolute atomic E-state index is 0.184. The van der Waals surface area contributed by atoms with Crippen molar-refractivity contribution in [1.29, 1.82) is 0 Å². The molecule has 0 atom stereocenters. The van der Waals surface area contributed by atoms with Crippen LogP contribution in [0.2, 0.25) is 0 Å². The first kappa shape index (κ1) is 17.6. The molecule has 0 amide bonds. The van der Waals surface area contributed by atoms with Gasteiger partial charge in [0.15, 0.2) is 0 Å². The number of nitrogens with one attached hydrogen (secondary N) is 1. The first-order chi connectivity index (χ1) is 13.2. The smallest absolute Gasteiger partial charge is 0.144 e. The summed E-state index contributed by atoms with van der Waals surface area (Å²) in [6.45, 7) is 0. The second-order valence-corrected chi connectivity index (χ2v) is 6.97. The van der Waals surface area contributed by atoms with Gasteiger partial charge in [0, 0.05) is 17.2 Å². The van der Waals surface area contributed by atoms with Crippen molar-refractivity contribution in [3.8, 4) is 22.4 Å². The van der Waals surface area contributed by atoms with Crippen LogP contribution < -0.4 is 5.32 Å². The number of hydrogen-bond donors (Lipinski definition) is 2. The third-order valence-electron chi connectivity index (χ3n) is 5.06. The minimum Gasteiger partial charge on any atom is -0.393 e. The number of benzene rings is 2. The van der Waals surface area contributed by atoms with Crippen LogP contribution >= 0.6 is 0 Å². The predicted octanol–water partition coefficient (Wildman–Crippen LogP) is 4.67. The molecule has 0 bridgehead atoms. The van der Waals surface area contributed by atoms with Crippen molar-refractivity contribution in [3.05, 3.63) is 66.7 Å². The molecule has 3 aromatic rings. The molecule has 1 heterocycles. The Labute approximate surface area is 158 Å². The zero-order chi connectivity index (χ0) is 18.6. The van der Waals surface area contributed by atoms with Crippen LogP contribution in [0.25, 0.3) is 22.4 Å². The Bertz CT molecular complexity index is 891. The minimum atomic E-state index is -0.292. The van der Waals surface area contributed by atoms with Crippen LogP contribution in [0.4, 0.5) is 10.2 Å². The highest BCUT2D eigenvalue weighted by atomic mass is 19.1. The van der Waals surface area contributed by atoms with Crippen LogP contribution in [0, 0.1) is 5.82 Å². The summed E-state index contributed by atoms with van der Waals surface area (Å²) in [6.07, 6.45) is 6.51. The summed E-state index contributed by atoms with van der Waals surface area (Å²) in [7, 11) is 0. The Morgan fingerprint density at radius 1 is 0.852 bits per heavy atom. The summed E-state index contributed by atoms with van der Waals surface area (Å²) in [4.78, 5) is 8.82. The number of aromatic nitrogens is 2. The lowest BCUT2D eigenvalue weighted by atomic mass is 9.93. The SMILES string of the molecule is OC1CCC(Nc2cnc(-c3cccc(-c4ccccc4)c3F)cn2)CC1. The quantitative estimate of drug-likeness (QED) is 0.707. The number of anilines is 1. The van der Waals surface area contributed by atoms with E-state index in [0.29, 0.717) is 28.7 Å². The van der Waals surface area contributed by atoms with Crippen molar-refractivity contribution in [2.24, 2.45) is 0 Å². The maximum absolute atomic E-state index is 15.0. The molecule has 1 saturated carbocycles. The Balaban J connectivity index is 1.54. The number of halogens is 1. The van der Waals surface area contributed by atoms with E-state index in [1.807, 2.05) is 36.4 Å². The van der Waals surface area contributed by atoms with E-state index in [-0.39, 0.29) is 11.9 Å². The summed E-state index contributed by atoms with van der Waals surface area (Å²) < 4.78 is 15.0.